The summed E-state index contributed by atoms with van der Waals surface area (Å²) in [6.45, 7) is 8.15. The smallest absolute Gasteiger partial charge is 0.325 e. The molecule has 2 aromatic rings. The summed E-state index contributed by atoms with van der Waals surface area (Å²) in [5.74, 6) is -0.704. The van der Waals surface area contributed by atoms with Crippen LogP contribution in [0.4, 0.5) is 4.39 Å². The molecular formula is C30H41FN2O4. The molecule has 0 radical (unpaired) electrons. The summed E-state index contributed by atoms with van der Waals surface area (Å²) in [6.07, 6.45) is 7.13. The molecule has 4 rings (SSSR count). The molecule has 1 aromatic heterocycles. The predicted molar refractivity (Wildman–Crippen MR) is 141 cm³/mol. The third kappa shape index (κ3) is 7.59. The van der Waals surface area contributed by atoms with E-state index in [1.807, 2.05) is 18.7 Å². The average Bonchev–Trinajstić information content (AvgIpc) is 3.31. The Bertz CT molecular complexity index is 1060. The molecule has 202 valence electrons. The monoisotopic (exact) mass is 512 g/mol. The number of aliphatic carboxylic acids is 1. The maximum absolute atomic E-state index is 14.1. The van der Waals surface area contributed by atoms with Crippen LogP contribution in [0.15, 0.2) is 30.3 Å². The van der Waals surface area contributed by atoms with E-state index in [0.717, 1.165) is 50.1 Å². The van der Waals surface area contributed by atoms with Gasteiger partial charge in [-0.05, 0) is 99.6 Å². The van der Waals surface area contributed by atoms with Gasteiger partial charge in [-0.1, -0.05) is 19.1 Å². The van der Waals surface area contributed by atoms with E-state index in [2.05, 4.69) is 19.1 Å². The SMILES string of the molecule is CC1CCc2ccc(CCCCO[C@@H]3CCN(C(C(=O)O)c4cc(F)ccc4COC(C)C)C3)nc2C1. The fourth-order valence-corrected chi connectivity index (χ4v) is 5.43. The van der Waals surface area contributed by atoms with Crippen molar-refractivity contribution >= 4 is 5.97 Å². The minimum atomic E-state index is -0.982. The Labute approximate surface area is 220 Å². The first kappa shape index (κ1) is 27.7. The Hall–Kier alpha value is -2.35. The molecule has 1 aromatic carbocycles. The number of unbranched alkanes of at least 4 members (excludes halogenated alkanes) is 1. The Morgan fingerprint density at radius 3 is 2.84 bits per heavy atom. The molecule has 0 amide bonds. The van der Waals surface area contributed by atoms with Gasteiger partial charge in [-0.15, -0.1) is 0 Å². The molecular weight excluding hydrogens is 471 g/mol. The maximum Gasteiger partial charge on any atom is 0.325 e. The minimum absolute atomic E-state index is 0.00234. The van der Waals surface area contributed by atoms with E-state index < -0.39 is 17.8 Å². The number of ether oxygens (including phenoxy) is 2. The maximum atomic E-state index is 14.1. The summed E-state index contributed by atoms with van der Waals surface area (Å²) in [4.78, 5) is 19.1. The van der Waals surface area contributed by atoms with Gasteiger partial charge in [-0.25, -0.2) is 4.39 Å². The highest BCUT2D eigenvalue weighted by Gasteiger charge is 2.35. The number of benzene rings is 1. The Kier molecular flexibility index (Phi) is 9.68. The van der Waals surface area contributed by atoms with E-state index in [1.165, 1.54) is 29.8 Å². The van der Waals surface area contributed by atoms with Crippen LogP contribution in [0.25, 0.3) is 0 Å². The molecule has 1 aliphatic carbocycles. The van der Waals surface area contributed by atoms with Crippen molar-refractivity contribution in [2.45, 2.75) is 90.6 Å². The number of fused-ring (bicyclic) bond motifs is 1. The van der Waals surface area contributed by atoms with Crippen molar-refractivity contribution in [2.24, 2.45) is 5.92 Å². The fraction of sp³-hybridized carbons (Fsp3) is 0.600. The van der Waals surface area contributed by atoms with E-state index in [1.54, 1.807) is 6.07 Å². The van der Waals surface area contributed by atoms with Crippen molar-refractivity contribution in [3.63, 3.8) is 0 Å². The minimum Gasteiger partial charge on any atom is -0.480 e. The number of hydrogen-bond acceptors (Lipinski definition) is 5. The van der Waals surface area contributed by atoms with E-state index in [0.29, 0.717) is 30.8 Å². The molecule has 2 heterocycles. The van der Waals surface area contributed by atoms with Crippen molar-refractivity contribution in [3.05, 3.63) is 64.2 Å². The number of aromatic nitrogens is 1. The van der Waals surface area contributed by atoms with Gasteiger partial charge in [0.1, 0.15) is 11.9 Å². The first-order chi connectivity index (χ1) is 17.8. The van der Waals surface area contributed by atoms with Gasteiger partial charge < -0.3 is 14.6 Å². The quantitative estimate of drug-likeness (QED) is 0.378. The number of hydrogen-bond donors (Lipinski definition) is 1. The Morgan fingerprint density at radius 2 is 2.05 bits per heavy atom. The number of carboxylic acids is 1. The van der Waals surface area contributed by atoms with Crippen LogP contribution in [0.1, 0.15) is 80.6 Å². The van der Waals surface area contributed by atoms with Gasteiger partial charge in [0.2, 0.25) is 0 Å². The van der Waals surface area contributed by atoms with Crippen molar-refractivity contribution in [3.8, 4) is 0 Å². The number of carbonyl (C=O) groups is 1. The topological polar surface area (TPSA) is 71.9 Å². The van der Waals surface area contributed by atoms with Crippen LogP contribution in [0, 0.1) is 11.7 Å². The molecule has 1 fully saturated rings. The van der Waals surface area contributed by atoms with Crippen LogP contribution >= 0.6 is 0 Å². The third-order valence-electron chi connectivity index (χ3n) is 7.51. The summed E-state index contributed by atoms with van der Waals surface area (Å²) < 4.78 is 25.9. The summed E-state index contributed by atoms with van der Waals surface area (Å²) >= 11 is 0. The number of halogens is 1. The van der Waals surface area contributed by atoms with E-state index in [9.17, 15) is 14.3 Å². The molecule has 1 N–H and O–H groups in total. The van der Waals surface area contributed by atoms with Crippen molar-refractivity contribution in [1.29, 1.82) is 0 Å². The molecule has 1 saturated heterocycles. The van der Waals surface area contributed by atoms with E-state index in [4.69, 9.17) is 14.5 Å². The Balaban J connectivity index is 1.26. The molecule has 0 bridgehead atoms. The molecule has 7 heteroatoms. The van der Waals surface area contributed by atoms with Crippen molar-refractivity contribution in [2.75, 3.05) is 19.7 Å². The fourth-order valence-electron chi connectivity index (χ4n) is 5.43. The van der Waals surface area contributed by atoms with E-state index in [-0.39, 0.29) is 18.8 Å². The van der Waals surface area contributed by atoms with Gasteiger partial charge in [0, 0.05) is 31.1 Å². The first-order valence-corrected chi connectivity index (χ1v) is 13.8. The number of pyridine rings is 1. The second-order valence-corrected chi connectivity index (χ2v) is 10.9. The van der Waals surface area contributed by atoms with Gasteiger partial charge >= 0.3 is 5.97 Å². The zero-order valence-corrected chi connectivity index (χ0v) is 22.4. The molecule has 6 nitrogen and oxygen atoms in total. The highest BCUT2D eigenvalue weighted by atomic mass is 19.1. The molecule has 2 aliphatic rings. The summed E-state index contributed by atoms with van der Waals surface area (Å²) in [6, 6.07) is 7.83. The number of carboxylic acid groups (broad SMARTS) is 1. The lowest BCUT2D eigenvalue weighted by atomic mass is 9.88. The average molecular weight is 513 g/mol. The molecule has 0 spiro atoms. The standard InChI is InChI=1S/C30H41FN2O4/c1-20(2)37-19-23-9-11-24(31)17-27(23)29(30(34)35)33-14-13-26(18-33)36-15-5-4-6-25-12-10-22-8-7-21(3)16-28(22)32-25/h9-12,17,20-21,26,29H,4-8,13-16,18-19H2,1-3H3,(H,34,35)/t21?,26-,29?/m1/s1. The lowest BCUT2D eigenvalue weighted by Crippen LogP contribution is -2.34. The van der Waals surface area contributed by atoms with Gasteiger partial charge in [-0.3, -0.25) is 14.7 Å². The van der Waals surface area contributed by atoms with Gasteiger partial charge in [0.15, 0.2) is 0 Å². The number of aryl methyl sites for hydroxylation is 2. The number of likely N-dealkylation sites (tertiary alicyclic amines) is 1. The van der Waals surface area contributed by atoms with Crippen LogP contribution < -0.4 is 0 Å². The second-order valence-electron chi connectivity index (χ2n) is 10.9. The largest absolute Gasteiger partial charge is 0.480 e. The normalized spacial score (nSPS) is 20.8. The predicted octanol–water partition coefficient (Wildman–Crippen LogP) is 5.51. The zero-order valence-electron chi connectivity index (χ0n) is 22.4. The van der Waals surface area contributed by atoms with Crippen LogP contribution in [0.2, 0.25) is 0 Å². The van der Waals surface area contributed by atoms with Gasteiger partial charge in [0.25, 0.3) is 0 Å². The molecule has 37 heavy (non-hydrogen) atoms. The lowest BCUT2D eigenvalue weighted by molar-refractivity contribution is -0.143. The van der Waals surface area contributed by atoms with Gasteiger partial charge in [0.05, 0.1) is 18.8 Å². The summed E-state index contributed by atoms with van der Waals surface area (Å²) in [5.41, 5.74) is 5.02. The third-order valence-corrected chi connectivity index (χ3v) is 7.51. The van der Waals surface area contributed by atoms with Crippen LogP contribution in [-0.4, -0.2) is 52.9 Å². The highest BCUT2D eigenvalue weighted by Crippen LogP contribution is 2.30. The van der Waals surface area contributed by atoms with Gasteiger partial charge in [-0.2, -0.15) is 0 Å². The molecule has 2 unspecified atom stereocenters. The van der Waals surface area contributed by atoms with Crippen LogP contribution in [0.5, 0.6) is 0 Å². The second kappa shape index (κ2) is 12.9. The van der Waals surface area contributed by atoms with Crippen LogP contribution in [0.3, 0.4) is 0 Å². The molecule has 0 saturated carbocycles. The summed E-state index contributed by atoms with van der Waals surface area (Å²) in [5, 5.41) is 10.1. The first-order valence-electron chi connectivity index (χ1n) is 13.8. The van der Waals surface area contributed by atoms with Crippen molar-refractivity contribution in [1.82, 2.24) is 9.88 Å². The molecule has 1 aliphatic heterocycles. The Morgan fingerprint density at radius 1 is 1.22 bits per heavy atom. The number of rotatable bonds is 12. The van der Waals surface area contributed by atoms with Crippen molar-refractivity contribution < 1.29 is 23.8 Å². The lowest BCUT2D eigenvalue weighted by Gasteiger charge is -2.26. The number of nitrogens with zero attached hydrogens (tertiary/aromatic N) is 2. The zero-order chi connectivity index (χ0) is 26.4. The summed E-state index contributed by atoms with van der Waals surface area (Å²) in [7, 11) is 0. The van der Waals surface area contributed by atoms with E-state index >= 15 is 0 Å². The molecule has 3 atom stereocenters. The van der Waals surface area contributed by atoms with Crippen LogP contribution in [-0.2, 0) is 40.1 Å². The highest BCUT2D eigenvalue weighted by molar-refractivity contribution is 5.76.